The van der Waals surface area contributed by atoms with E-state index in [1.807, 2.05) is 17.5 Å². The fraction of sp³-hybridized carbons (Fsp3) is 0.400. The lowest BCUT2D eigenvalue weighted by molar-refractivity contribution is 0.291. The highest BCUT2D eigenvalue weighted by Gasteiger charge is 2.21. The van der Waals surface area contributed by atoms with Crippen molar-refractivity contribution in [3.63, 3.8) is 0 Å². The summed E-state index contributed by atoms with van der Waals surface area (Å²) in [5, 5.41) is 5.32. The third-order valence-corrected chi connectivity index (χ3v) is 4.20. The number of hydrogen-bond acceptors (Lipinski definition) is 4. The van der Waals surface area contributed by atoms with Crippen LogP contribution in [0.5, 0.6) is 5.88 Å². The second-order valence-corrected chi connectivity index (χ2v) is 5.95. The van der Waals surface area contributed by atoms with E-state index in [1.165, 1.54) is 17.7 Å². The molecule has 0 unspecified atom stereocenters. The summed E-state index contributed by atoms with van der Waals surface area (Å²) in [6.07, 6.45) is 4.77. The molecule has 2 aromatic rings. The Balaban J connectivity index is 1.56. The zero-order valence-corrected chi connectivity index (χ0v) is 12.0. The van der Waals surface area contributed by atoms with Gasteiger partial charge in [-0.25, -0.2) is 9.37 Å². The molecular formula is C15H17FN2OS. The minimum Gasteiger partial charge on any atom is -0.475 e. The molecule has 0 bridgehead atoms. The summed E-state index contributed by atoms with van der Waals surface area (Å²) < 4.78 is 19.7. The van der Waals surface area contributed by atoms with Gasteiger partial charge in [0.25, 0.3) is 5.88 Å². The molecule has 1 saturated carbocycles. The van der Waals surface area contributed by atoms with Gasteiger partial charge in [-0.15, -0.1) is 11.3 Å². The first-order valence-corrected chi connectivity index (χ1v) is 7.73. The van der Waals surface area contributed by atoms with E-state index in [1.54, 1.807) is 23.6 Å². The van der Waals surface area contributed by atoms with Crippen LogP contribution in [-0.2, 0) is 13.0 Å². The second-order valence-electron chi connectivity index (χ2n) is 4.92. The standard InChI is InChI=1S/C15H17FN2OS/c16-14-11(10-18-12-3-4-12)5-7-17-15(14)19-8-6-13-2-1-9-20-13/h1-2,5,7,9,12,18H,3-4,6,8,10H2. The highest BCUT2D eigenvalue weighted by molar-refractivity contribution is 7.09. The molecule has 2 heterocycles. The number of thiophene rings is 1. The molecule has 1 aliphatic rings. The number of ether oxygens (including phenoxy) is 1. The summed E-state index contributed by atoms with van der Waals surface area (Å²) in [5.74, 6) is -0.233. The molecule has 3 nitrogen and oxygen atoms in total. The molecule has 1 aliphatic carbocycles. The molecule has 0 amide bonds. The van der Waals surface area contributed by atoms with Crippen LogP contribution < -0.4 is 10.1 Å². The summed E-state index contributed by atoms with van der Waals surface area (Å²) in [6.45, 7) is 0.990. The van der Waals surface area contributed by atoms with Gasteiger partial charge in [0.2, 0.25) is 0 Å². The number of aromatic nitrogens is 1. The van der Waals surface area contributed by atoms with Crippen molar-refractivity contribution in [2.75, 3.05) is 6.61 Å². The highest BCUT2D eigenvalue weighted by atomic mass is 32.1. The van der Waals surface area contributed by atoms with Gasteiger partial charge in [-0.2, -0.15) is 0 Å². The number of hydrogen-bond donors (Lipinski definition) is 1. The van der Waals surface area contributed by atoms with Crippen molar-refractivity contribution in [2.45, 2.75) is 31.8 Å². The molecule has 0 atom stereocenters. The van der Waals surface area contributed by atoms with Gasteiger partial charge >= 0.3 is 0 Å². The SMILES string of the molecule is Fc1c(CNC2CC2)ccnc1OCCc1cccs1. The minimum atomic E-state index is -0.341. The molecule has 0 radical (unpaired) electrons. The predicted octanol–water partition coefficient (Wildman–Crippen LogP) is 3.16. The van der Waals surface area contributed by atoms with Gasteiger partial charge in [0, 0.05) is 35.6 Å². The molecule has 1 N–H and O–H groups in total. The molecule has 3 rings (SSSR count). The Morgan fingerprint density at radius 1 is 1.40 bits per heavy atom. The van der Waals surface area contributed by atoms with E-state index in [0.29, 0.717) is 24.8 Å². The number of rotatable bonds is 7. The molecule has 20 heavy (non-hydrogen) atoms. The average Bonchev–Trinajstić information content (AvgIpc) is 3.14. The largest absolute Gasteiger partial charge is 0.475 e. The Morgan fingerprint density at radius 3 is 3.05 bits per heavy atom. The molecule has 106 valence electrons. The average molecular weight is 292 g/mol. The van der Waals surface area contributed by atoms with Crippen molar-refractivity contribution in [3.8, 4) is 5.88 Å². The molecule has 2 aromatic heterocycles. The van der Waals surface area contributed by atoms with Gasteiger partial charge in [0.15, 0.2) is 5.82 Å². The van der Waals surface area contributed by atoms with E-state index in [-0.39, 0.29) is 11.7 Å². The first-order valence-electron chi connectivity index (χ1n) is 6.85. The second kappa shape index (κ2) is 6.33. The minimum absolute atomic E-state index is 0.108. The molecule has 0 saturated heterocycles. The van der Waals surface area contributed by atoms with Crippen molar-refractivity contribution in [2.24, 2.45) is 0 Å². The van der Waals surface area contributed by atoms with E-state index in [0.717, 1.165) is 6.42 Å². The maximum Gasteiger partial charge on any atom is 0.250 e. The van der Waals surface area contributed by atoms with Crippen molar-refractivity contribution in [1.82, 2.24) is 10.3 Å². The topological polar surface area (TPSA) is 34.2 Å². The van der Waals surface area contributed by atoms with Crippen LogP contribution in [-0.4, -0.2) is 17.6 Å². The van der Waals surface area contributed by atoms with Gasteiger partial charge < -0.3 is 10.1 Å². The van der Waals surface area contributed by atoms with Crippen molar-refractivity contribution in [1.29, 1.82) is 0 Å². The number of nitrogens with zero attached hydrogens (tertiary/aromatic N) is 1. The van der Waals surface area contributed by atoms with Gasteiger partial charge in [0.1, 0.15) is 0 Å². The van der Waals surface area contributed by atoms with Crippen molar-refractivity contribution < 1.29 is 9.13 Å². The zero-order valence-electron chi connectivity index (χ0n) is 11.1. The Kier molecular flexibility index (Phi) is 4.28. The third-order valence-electron chi connectivity index (χ3n) is 3.26. The van der Waals surface area contributed by atoms with E-state index < -0.39 is 0 Å². The van der Waals surface area contributed by atoms with Gasteiger partial charge in [-0.05, 0) is 30.4 Å². The van der Waals surface area contributed by atoms with Crippen LogP contribution in [0.1, 0.15) is 23.3 Å². The fourth-order valence-electron chi connectivity index (χ4n) is 1.94. The monoisotopic (exact) mass is 292 g/mol. The van der Waals surface area contributed by atoms with E-state index in [9.17, 15) is 4.39 Å². The van der Waals surface area contributed by atoms with Crippen LogP contribution in [0.3, 0.4) is 0 Å². The summed E-state index contributed by atoms with van der Waals surface area (Å²) in [5.41, 5.74) is 0.623. The van der Waals surface area contributed by atoms with Crippen LogP contribution in [0.2, 0.25) is 0 Å². The van der Waals surface area contributed by atoms with Gasteiger partial charge in [-0.1, -0.05) is 6.07 Å². The molecule has 0 aliphatic heterocycles. The van der Waals surface area contributed by atoms with Crippen LogP contribution in [0.25, 0.3) is 0 Å². The van der Waals surface area contributed by atoms with E-state index in [4.69, 9.17) is 4.74 Å². The number of nitrogens with one attached hydrogen (secondary N) is 1. The predicted molar refractivity (Wildman–Crippen MR) is 77.6 cm³/mol. The Labute approximate surface area is 121 Å². The summed E-state index contributed by atoms with van der Waals surface area (Å²) in [4.78, 5) is 5.21. The van der Waals surface area contributed by atoms with Crippen LogP contribution in [0, 0.1) is 5.82 Å². The first-order chi connectivity index (χ1) is 9.83. The van der Waals surface area contributed by atoms with Gasteiger partial charge in [-0.3, -0.25) is 0 Å². The van der Waals surface area contributed by atoms with Crippen LogP contribution in [0.4, 0.5) is 4.39 Å². The number of pyridine rings is 1. The van der Waals surface area contributed by atoms with E-state index in [2.05, 4.69) is 10.3 Å². The van der Waals surface area contributed by atoms with Crippen LogP contribution in [0.15, 0.2) is 29.8 Å². The third kappa shape index (κ3) is 3.55. The fourth-order valence-corrected chi connectivity index (χ4v) is 2.63. The molecule has 0 aromatic carbocycles. The zero-order chi connectivity index (χ0) is 13.8. The molecule has 0 spiro atoms. The summed E-state index contributed by atoms with van der Waals surface area (Å²) in [6, 6.07) is 6.32. The highest BCUT2D eigenvalue weighted by Crippen LogP contribution is 2.22. The Hall–Kier alpha value is -1.46. The van der Waals surface area contributed by atoms with Gasteiger partial charge in [0.05, 0.1) is 6.61 Å². The Morgan fingerprint density at radius 2 is 2.30 bits per heavy atom. The quantitative estimate of drug-likeness (QED) is 0.851. The van der Waals surface area contributed by atoms with E-state index >= 15 is 0 Å². The maximum atomic E-state index is 14.2. The lowest BCUT2D eigenvalue weighted by Gasteiger charge is -2.09. The maximum absolute atomic E-state index is 14.2. The van der Waals surface area contributed by atoms with Crippen molar-refractivity contribution in [3.05, 3.63) is 46.0 Å². The summed E-state index contributed by atoms with van der Waals surface area (Å²) in [7, 11) is 0. The smallest absolute Gasteiger partial charge is 0.250 e. The first kappa shape index (κ1) is 13.5. The van der Waals surface area contributed by atoms with Crippen LogP contribution >= 0.6 is 11.3 Å². The lowest BCUT2D eigenvalue weighted by atomic mass is 10.2. The molecule has 5 heteroatoms. The molecule has 1 fully saturated rings. The summed E-state index contributed by atoms with van der Waals surface area (Å²) >= 11 is 1.68. The number of halogens is 1. The Bertz CT molecular complexity index is 555. The van der Waals surface area contributed by atoms with Crippen molar-refractivity contribution >= 4 is 11.3 Å². The molecular weight excluding hydrogens is 275 g/mol. The lowest BCUT2D eigenvalue weighted by Crippen LogP contribution is -2.17. The normalized spacial score (nSPS) is 14.4.